The molecule has 0 spiro atoms. The maximum absolute atomic E-state index is 12.5. The minimum Gasteiger partial charge on any atom is -0.337 e. The Kier molecular flexibility index (Phi) is 3.94. The summed E-state index contributed by atoms with van der Waals surface area (Å²) in [6, 6.07) is 6.83. The van der Waals surface area contributed by atoms with Gasteiger partial charge >= 0.3 is 0 Å². The predicted molar refractivity (Wildman–Crippen MR) is 80.5 cm³/mol. The molecular formula is C16H19N3O3. The summed E-state index contributed by atoms with van der Waals surface area (Å²) < 4.78 is 0. The molecule has 6 nitrogen and oxygen atoms in total. The molecule has 1 aromatic carbocycles. The first-order chi connectivity index (χ1) is 10.6. The molecule has 2 heterocycles. The van der Waals surface area contributed by atoms with E-state index in [1.165, 1.54) is 0 Å². The highest BCUT2D eigenvalue weighted by molar-refractivity contribution is 6.22. The van der Waals surface area contributed by atoms with E-state index in [-0.39, 0.29) is 30.3 Å². The quantitative estimate of drug-likeness (QED) is 0.822. The van der Waals surface area contributed by atoms with Crippen molar-refractivity contribution in [1.29, 1.82) is 0 Å². The predicted octanol–water partition coefficient (Wildman–Crippen LogP) is 0.493. The molecule has 3 amide bonds. The third-order valence-corrected chi connectivity index (χ3v) is 4.31. The number of fused-ring (bicyclic) bond motifs is 1. The number of imide groups is 1. The van der Waals surface area contributed by atoms with Crippen molar-refractivity contribution >= 4 is 17.7 Å². The number of benzene rings is 1. The van der Waals surface area contributed by atoms with Crippen LogP contribution in [0.1, 0.15) is 34.1 Å². The standard InChI is InChI=1S/C16H19N3O3/c1-2-18(11-7-8-17-9-11)14(20)10-19-15(21)12-5-3-4-6-13(12)16(19)22/h3-6,11,17H,2,7-10H2,1H3. The summed E-state index contributed by atoms with van der Waals surface area (Å²) in [5, 5.41) is 3.23. The largest absolute Gasteiger partial charge is 0.337 e. The fourth-order valence-corrected chi connectivity index (χ4v) is 3.15. The zero-order valence-electron chi connectivity index (χ0n) is 12.5. The molecule has 22 heavy (non-hydrogen) atoms. The number of carbonyl (C=O) groups is 3. The third-order valence-electron chi connectivity index (χ3n) is 4.31. The van der Waals surface area contributed by atoms with Gasteiger partial charge in [-0.25, -0.2) is 0 Å². The molecule has 1 fully saturated rings. The molecule has 116 valence electrons. The first-order valence-electron chi connectivity index (χ1n) is 7.59. The Morgan fingerprint density at radius 1 is 1.27 bits per heavy atom. The number of nitrogens with zero attached hydrogens (tertiary/aromatic N) is 2. The van der Waals surface area contributed by atoms with Crippen LogP contribution in [0.3, 0.4) is 0 Å². The summed E-state index contributed by atoms with van der Waals surface area (Å²) in [5.41, 5.74) is 0.761. The molecule has 1 saturated heterocycles. The Hall–Kier alpha value is -2.21. The number of nitrogens with one attached hydrogen (secondary N) is 1. The fraction of sp³-hybridized carbons (Fsp3) is 0.438. The van der Waals surface area contributed by atoms with Crippen LogP contribution in [0.5, 0.6) is 0 Å². The molecule has 0 saturated carbocycles. The van der Waals surface area contributed by atoms with E-state index in [0.29, 0.717) is 17.7 Å². The second-order valence-corrected chi connectivity index (χ2v) is 5.57. The van der Waals surface area contributed by atoms with E-state index >= 15 is 0 Å². The maximum atomic E-state index is 12.5. The van der Waals surface area contributed by atoms with Crippen molar-refractivity contribution in [2.45, 2.75) is 19.4 Å². The van der Waals surface area contributed by atoms with Crippen LogP contribution in [0.15, 0.2) is 24.3 Å². The molecule has 1 aromatic rings. The van der Waals surface area contributed by atoms with Crippen LogP contribution in [-0.4, -0.2) is 59.7 Å². The number of amides is 3. The van der Waals surface area contributed by atoms with Crippen LogP contribution < -0.4 is 5.32 Å². The topological polar surface area (TPSA) is 69.7 Å². The van der Waals surface area contributed by atoms with E-state index in [1.807, 2.05) is 6.92 Å². The lowest BCUT2D eigenvalue weighted by Crippen LogP contribution is -2.47. The first-order valence-corrected chi connectivity index (χ1v) is 7.59. The number of hydrogen-bond donors (Lipinski definition) is 1. The molecular weight excluding hydrogens is 282 g/mol. The Morgan fingerprint density at radius 3 is 2.41 bits per heavy atom. The maximum Gasteiger partial charge on any atom is 0.262 e. The Bertz CT molecular complexity index is 588. The van der Waals surface area contributed by atoms with E-state index in [0.717, 1.165) is 24.4 Å². The Morgan fingerprint density at radius 2 is 1.91 bits per heavy atom. The molecule has 1 atom stereocenters. The monoisotopic (exact) mass is 301 g/mol. The molecule has 1 N–H and O–H groups in total. The molecule has 0 aliphatic carbocycles. The second-order valence-electron chi connectivity index (χ2n) is 5.57. The normalized spacial score (nSPS) is 20.4. The lowest BCUT2D eigenvalue weighted by Gasteiger charge is -2.28. The Labute approximate surface area is 129 Å². The van der Waals surface area contributed by atoms with Gasteiger partial charge in [-0.3, -0.25) is 19.3 Å². The summed E-state index contributed by atoms with van der Waals surface area (Å²) in [6.45, 7) is 3.97. The number of likely N-dealkylation sites (N-methyl/N-ethyl adjacent to an activating group) is 1. The summed E-state index contributed by atoms with van der Waals surface area (Å²) in [5.74, 6) is -0.935. The van der Waals surface area contributed by atoms with Crippen molar-refractivity contribution in [1.82, 2.24) is 15.1 Å². The lowest BCUT2D eigenvalue weighted by atomic mass is 10.1. The van der Waals surface area contributed by atoms with E-state index in [9.17, 15) is 14.4 Å². The first kappa shape index (κ1) is 14.7. The summed E-state index contributed by atoms with van der Waals surface area (Å²) in [7, 11) is 0. The van der Waals surface area contributed by atoms with Gasteiger partial charge in [-0.05, 0) is 32.0 Å². The van der Waals surface area contributed by atoms with Gasteiger partial charge in [0.05, 0.1) is 11.1 Å². The van der Waals surface area contributed by atoms with Crippen LogP contribution >= 0.6 is 0 Å². The van der Waals surface area contributed by atoms with Gasteiger partial charge in [0.15, 0.2) is 0 Å². The molecule has 0 aromatic heterocycles. The van der Waals surface area contributed by atoms with Gasteiger partial charge in [0.1, 0.15) is 6.54 Å². The van der Waals surface area contributed by atoms with Crippen LogP contribution in [-0.2, 0) is 4.79 Å². The van der Waals surface area contributed by atoms with Gasteiger partial charge in [-0.15, -0.1) is 0 Å². The van der Waals surface area contributed by atoms with Crippen molar-refractivity contribution in [3.05, 3.63) is 35.4 Å². The number of carbonyl (C=O) groups excluding carboxylic acids is 3. The average Bonchev–Trinajstić information content (AvgIpc) is 3.12. The van der Waals surface area contributed by atoms with Crippen LogP contribution in [0.4, 0.5) is 0 Å². The minimum absolute atomic E-state index is 0.146. The van der Waals surface area contributed by atoms with Crippen molar-refractivity contribution in [2.24, 2.45) is 0 Å². The average molecular weight is 301 g/mol. The fourth-order valence-electron chi connectivity index (χ4n) is 3.15. The molecule has 1 unspecified atom stereocenters. The number of rotatable bonds is 4. The smallest absolute Gasteiger partial charge is 0.262 e. The van der Waals surface area contributed by atoms with Crippen molar-refractivity contribution < 1.29 is 14.4 Å². The third kappa shape index (κ3) is 2.39. The van der Waals surface area contributed by atoms with Crippen molar-refractivity contribution in [3.8, 4) is 0 Å². The minimum atomic E-state index is -0.380. The molecule has 0 radical (unpaired) electrons. The van der Waals surface area contributed by atoms with Gasteiger partial charge in [0.25, 0.3) is 11.8 Å². The molecule has 2 aliphatic rings. The summed E-state index contributed by atoms with van der Waals surface area (Å²) in [6.07, 6.45) is 0.904. The lowest BCUT2D eigenvalue weighted by molar-refractivity contribution is -0.133. The van der Waals surface area contributed by atoms with E-state index in [1.54, 1.807) is 29.2 Å². The van der Waals surface area contributed by atoms with Gasteiger partial charge in [-0.1, -0.05) is 12.1 Å². The SMILES string of the molecule is CCN(C(=O)CN1C(=O)c2ccccc2C1=O)C1CCNC1. The molecule has 6 heteroatoms. The Balaban J connectivity index is 1.74. The van der Waals surface area contributed by atoms with Crippen LogP contribution in [0.2, 0.25) is 0 Å². The molecule has 2 aliphatic heterocycles. The van der Waals surface area contributed by atoms with Gasteiger partial charge in [0, 0.05) is 19.1 Å². The summed E-state index contributed by atoms with van der Waals surface area (Å²) in [4.78, 5) is 39.9. The van der Waals surface area contributed by atoms with Crippen LogP contribution in [0.25, 0.3) is 0 Å². The van der Waals surface area contributed by atoms with Crippen LogP contribution in [0, 0.1) is 0 Å². The van der Waals surface area contributed by atoms with Gasteiger partial charge in [-0.2, -0.15) is 0 Å². The highest BCUT2D eigenvalue weighted by Crippen LogP contribution is 2.22. The van der Waals surface area contributed by atoms with Gasteiger partial charge in [0.2, 0.25) is 5.91 Å². The van der Waals surface area contributed by atoms with Crippen molar-refractivity contribution in [2.75, 3.05) is 26.2 Å². The van der Waals surface area contributed by atoms with E-state index in [4.69, 9.17) is 0 Å². The van der Waals surface area contributed by atoms with Crippen molar-refractivity contribution in [3.63, 3.8) is 0 Å². The highest BCUT2D eigenvalue weighted by Gasteiger charge is 2.37. The zero-order chi connectivity index (χ0) is 15.7. The summed E-state index contributed by atoms with van der Waals surface area (Å²) >= 11 is 0. The molecule has 3 rings (SSSR count). The second kappa shape index (κ2) is 5.88. The molecule has 0 bridgehead atoms. The van der Waals surface area contributed by atoms with E-state index < -0.39 is 0 Å². The van der Waals surface area contributed by atoms with E-state index in [2.05, 4.69) is 5.32 Å². The van der Waals surface area contributed by atoms with Gasteiger partial charge < -0.3 is 10.2 Å². The number of hydrogen-bond acceptors (Lipinski definition) is 4. The highest BCUT2D eigenvalue weighted by atomic mass is 16.2. The zero-order valence-corrected chi connectivity index (χ0v) is 12.5.